The minimum atomic E-state index is -4.36. The third-order valence-corrected chi connectivity index (χ3v) is 13.6. The number of carbonyl (C=O) groups is 1. The van der Waals surface area contributed by atoms with Crippen molar-refractivity contribution in [3.63, 3.8) is 0 Å². The van der Waals surface area contributed by atoms with E-state index >= 15 is 0 Å². The molecule has 1 amide bonds. The lowest BCUT2D eigenvalue weighted by molar-refractivity contribution is -0.203. The van der Waals surface area contributed by atoms with Crippen LogP contribution >= 0.6 is 0 Å². The van der Waals surface area contributed by atoms with Gasteiger partial charge < -0.3 is 20.1 Å². The summed E-state index contributed by atoms with van der Waals surface area (Å²) >= 11 is 0. The molecule has 5 aliphatic rings. The zero-order valence-corrected chi connectivity index (χ0v) is 24.6. The first kappa shape index (κ1) is 28.8. The topological polar surface area (TPSA) is 127 Å². The van der Waals surface area contributed by atoms with Crippen LogP contribution in [0.15, 0.2) is 0 Å². The molecule has 5 fully saturated rings. The lowest BCUT2D eigenvalue weighted by atomic mass is 9.41. The maximum atomic E-state index is 12.7. The molecule has 0 aliphatic heterocycles. The van der Waals surface area contributed by atoms with E-state index in [9.17, 15) is 28.0 Å². The van der Waals surface area contributed by atoms with E-state index in [0.29, 0.717) is 54.8 Å². The van der Waals surface area contributed by atoms with Crippen molar-refractivity contribution in [1.82, 2.24) is 5.32 Å². The SMILES string of the molecule is CC[C@H]1[C@@H](O)[C@@H]2[C@H](CC[C@]3(C)[C@@H]([C@H](C)CCC(=O)NC4(CS(=O)(=O)[O-])CC4)CC[C@@H]23)[C@@]2(C)CC[C@@H](O)C[C@@H]12. The van der Waals surface area contributed by atoms with Gasteiger partial charge in [0.25, 0.3) is 0 Å². The van der Waals surface area contributed by atoms with Gasteiger partial charge in [-0.25, -0.2) is 8.42 Å². The maximum Gasteiger partial charge on any atom is 0.220 e. The molecule has 0 unspecified atom stereocenters. The Morgan fingerprint density at radius 2 is 1.66 bits per heavy atom. The summed E-state index contributed by atoms with van der Waals surface area (Å²) < 4.78 is 33.7. The first-order valence-electron chi connectivity index (χ1n) is 15.3. The number of hydrogen-bond donors (Lipinski definition) is 3. The van der Waals surface area contributed by atoms with E-state index in [1.54, 1.807) is 0 Å². The molecule has 3 N–H and O–H groups in total. The van der Waals surface area contributed by atoms with Gasteiger partial charge in [0.1, 0.15) is 0 Å². The largest absolute Gasteiger partial charge is 0.748 e. The molecular weight excluding hydrogens is 502 g/mol. The highest BCUT2D eigenvalue weighted by molar-refractivity contribution is 7.85. The Labute approximate surface area is 229 Å². The number of fused-ring (bicyclic) bond motifs is 5. The van der Waals surface area contributed by atoms with E-state index in [1.807, 2.05) is 0 Å². The Kier molecular flexibility index (Phi) is 7.57. The molecule has 38 heavy (non-hydrogen) atoms. The predicted octanol–water partition coefficient (Wildman–Crippen LogP) is 4.22. The first-order valence-corrected chi connectivity index (χ1v) is 16.9. The van der Waals surface area contributed by atoms with Crippen molar-refractivity contribution in [2.75, 3.05) is 5.75 Å². The number of aliphatic hydroxyl groups is 2. The van der Waals surface area contributed by atoms with E-state index in [1.165, 1.54) is 6.42 Å². The molecule has 7 nitrogen and oxygen atoms in total. The fourth-order valence-electron chi connectivity index (χ4n) is 10.6. The van der Waals surface area contributed by atoms with Crippen molar-refractivity contribution in [3.05, 3.63) is 0 Å². The van der Waals surface area contributed by atoms with Crippen LogP contribution < -0.4 is 5.32 Å². The van der Waals surface area contributed by atoms with Gasteiger partial charge in [0.05, 0.1) is 33.6 Å². The van der Waals surface area contributed by atoms with E-state index in [4.69, 9.17) is 0 Å². The molecule has 11 atom stereocenters. The highest BCUT2D eigenvalue weighted by Crippen LogP contribution is 2.69. The Morgan fingerprint density at radius 1 is 1.00 bits per heavy atom. The van der Waals surface area contributed by atoms with E-state index in [2.05, 4.69) is 33.0 Å². The third-order valence-electron chi connectivity index (χ3n) is 12.7. The van der Waals surface area contributed by atoms with Crippen LogP contribution in [0.1, 0.15) is 105 Å². The number of rotatable bonds is 8. The number of nitrogens with one attached hydrogen (secondary N) is 1. The summed E-state index contributed by atoms with van der Waals surface area (Å²) in [7, 11) is -4.36. The third kappa shape index (κ3) is 4.98. The molecule has 5 aliphatic carbocycles. The molecule has 218 valence electrons. The Morgan fingerprint density at radius 3 is 2.29 bits per heavy atom. The van der Waals surface area contributed by atoms with E-state index in [-0.39, 0.29) is 34.9 Å². The van der Waals surface area contributed by atoms with Gasteiger partial charge in [-0.3, -0.25) is 4.79 Å². The average molecular weight is 553 g/mol. The Balaban J connectivity index is 1.26. The fourth-order valence-corrected chi connectivity index (χ4v) is 11.7. The molecule has 0 spiro atoms. The quantitative estimate of drug-likeness (QED) is 0.387. The van der Waals surface area contributed by atoms with Gasteiger partial charge in [-0.05, 0) is 116 Å². The highest BCUT2D eigenvalue weighted by atomic mass is 32.2. The smallest absolute Gasteiger partial charge is 0.220 e. The molecule has 0 aromatic rings. The van der Waals surface area contributed by atoms with Crippen LogP contribution in [0.25, 0.3) is 0 Å². The van der Waals surface area contributed by atoms with Crippen molar-refractivity contribution >= 4 is 16.0 Å². The maximum absolute atomic E-state index is 12.7. The molecule has 0 aromatic carbocycles. The summed E-state index contributed by atoms with van der Waals surface area (Å²) in [5.41, 5.74) is -0.481. The first-order chi connectivity index (χ1) is 17.7. The molecule has 0 saturated heterocycles. The zero-order valence-electron chi connectivity index (χ0n) is 23.8. The van der Waals surface area contributed by atoms with E-state index < -0.39 is 21.4 Å². The molecule has 5 rings (SSSR count). The monoisotopic (exact) mass is 552 g/mol. The van der Waals surface area contributed by atoms with Crippen molar-refractivity contribution < 1.29 is 28.0 Å². The van der Waals surface area contributed by atoms with Crippen molar-refractivity contribution in [3.8, 4) is 0 Å². The fraction of sp³-hybridized carbons (Fsp3) is 0.967. The van der Waals surface area contributed by atoms with E-state index in [0.717, 1.165) is 51.4 Å². The standard InChI is InChI=1S/C30H51NO6S/c1-5-20-24-16-19(32)10-12-29(24,4)23-11-13-28(3)21(7-8-22(28)26(23)27(20)34)18(2)6-9-25(33)31-30(14-15-30)17-38(35,36)37/h18-24,26-27,32,34H,5-17H2,1-4H3,(H,31,33)(H,35,36,37)/p-1/t18-,19-,20-,21-,22+,23+,24+,26+,27-,28-,29-/m1/s1. The number of aliphatic hydroxyl groups excluding tert-OH is 2. The molecular formula is C30H50NO6S-. The van der Waals surface area contributed by atoms with Gasteiger partial charge in [-0.15, -0.1) is 0 Å². The predicted molar refractivity (Wildman–Crippen MR) is 145 cm³/mol. The molecule has 8 heteroatoms. The number of amides is 1. The van der Waals surface area contributed by atoms with Crippen LogP contribution in [0.2, 0.25) is 0 Å². The van der Waals surface area contributed by atoms with Crippen LogP contribution in [-0.4, -0.2) is 52.6 Å². The van der Waals surface area contributed by atoms with Gasteiger partial charge in [0.15, 0.2) is 0 Å². The summed E-state index contributed by atoms with van der Waals surface area (Å²) in [4.78, 5) is 12.7. The normalized spacial score (nSPS) is 46.4. The van der Waals surface area contributed by atoms with Gasteiger partial charge in [0, 0.05) is 6.42 Å². The van der Waals surface area contributed by atoms with Gasteiger partial charge in [-0.1, -0.05) is 34.1 Å². The minimum absolute atomic E-state index is 0.145. The number of carbonyl (C=O) groups excluding carboxylic acids is 1. The summed E-state index contributed by atoms with van der Waals surface area (Å²) in [5, 5.41) is 25.2. The van der Waals surface area contributed by atoms with Gasteiger partial charge >= 0.3 is 0 Å². The van der Waals surface area contributed by atoms with Crippen LogP contribution in [-0.2, 0) is 14.9 Å². The number of hydrogen-bond acceptors (Lipinski definition) is 6. The lowest BCUT2D eigenvalue weighted by Gasteiger charge is -2.64. The molecule has 0 aromatic heterocycles. The average Bonchev–Trinajstić information content (AvgIpc) is 3.46. The summed E-state index contributed by atoms with van der Waals surface area (Å²) in [6.45, 7) is 9.39. The summed E-state index contributed by atoms with van der Waals surface area (Å²) in [6.07, 6.45) is 10.0. The second-order valence-corrected chi connectivity index (χ2v) is 16.1. The van der Waals surface area contributed by atoms with Crippen LogP contribution in [0.5, 0.6) is 0 Å². The van der Waals surface area contributed by atoms with Crippen molar-refractivity contribution in [2.45, 2.75) is 122 Å². The Hall–Kier alpha value is -0.700. The second-order valence-electron chi connectivity index (χ2n) is 14.7. The molecule has 0 heterocycles. The molecule has 5 saturated carbocycles. The van der Waals surface area contributed by atoms with Crippen LogP contribution in [0.4, 0.5) is 0 Å². The van der Waals surface area contributed by atoms with Crippen molar-refractivity contribution in [1.29, 1.82) is 0 Å². The molecule has 0 bridgehead atoms. The van der Waals surface area contributed by atoms with Gasteiger partial charge in [-0.2, -0.15) is 0 Å². The molecule has 0 radical (unpaired) electrons. The zero-order chi connectivity index (χ0) is 27.7. The van der Waals surface area contributed by atoms with Crippen LogP contribution in [0, 0.1) is 52.3 Å². The summed E-state index contributed by atoms with van der Waals surface area (Å²) in [6, 6.07) is 0. The summed E-state index contributed by atoms with van der Waals surface area (Å²) in [5.74, 6) is 2.20. The second kappa shape index (κ2) is 9.99. The van der Waals surface area contributed by atoms with Crippen LogP contribution in [0.3, 0.4) is 0 Å². The van der Waals surface area contributed by atoms with Crippen molar-refractivity contribution in [2.24, 2.45) is 52.3 Å². The lowest BCUT2D eigenvalue weighted by Crippen LogP contribution is -2.62. The minimum Gasteiger partial charge on any atom is -0.748 e. The Bertz CT molecular complexity index is 1010. The van der Waals surface area contributed by atoms with Gasteiger partial charge in [0.2, 0.25) is 5.91 Å². The highest BCUT2D eigenvalue weighted by Gasteiger charge is 2.64.